The number of likely N-dealkylation sites (tertiary alicyclic amines) is 1. The fraction of sp³-hybridized carbons (Fsp3) is 0.400. The molecular formula is C25H27BrN2O6. The van der Waals surface area contributed by atoms with Crippen molar-refractivity contribution in [3.63, 3.8) is 0 Å². The zero-order valence-electron chi connectivity index (χ0n) is 19.0. The summed E-state index contributed by atoms with van der Waals surface area (Å²) in [5, 5.41) is 23.4. The van der Waals surface area contributed by atoms with Crippen molar-refractivity contribution in [2.24, 2.45) is 11.8 Å². The van der Waals surface area contributed by atoms with Crippen molar-refractivity contribution in [3.05, 3.63) is 58.1 Å². The smallest absolute Gasteiger partial charge is 0.325 e. The Morgan fingerprint density at radius 2 is 1.88 bits per heavy atom. The number of carboxylic acids is 1. The van der Waals surface area contributed by atoms with Gasteiger partial charge in [0.15, 0.2) is 0 Å². The van der Waals surface area contributed by atoms with Crippen LogP contribution in [-0.4, -0.2) is 52.1 Å². The van der Waals surface area contributed by atoms with Crippen LogP contribution in [0.15, 0.2) is 46.9 Å². The third kappa shape index (κ3) is 3.96. The Bertz CT molecular complexity index is 1120. The second-order valence-corrected chi connectivity index (χ2v) is 9.73. The molecule has 2 fully saturated rings. The number of halogens is 1. The Balaban J connectivity index is 1.86. The molecule has 2 aliphatic rings. The Morgan fingerprint density at radius 3 is 2.50 bits per heavy atom. The summed E-state index contributed by atoms with van der Waals surface area (Å²) < 4.78 is 6.27. The van der Waals surface area contributed by atoms with Crippen LogP contribution in [0.1, 0.15) is 36.9 Å². The summed E-state index contributed by atoms with van der Waals surface area (Å²) in [6.07, 6.45) is 1.41. The number of carbonyl (C=O) groups excluding carboxylic acids is 2. The Morgan fingerprint density at radius 1 is 1.18 bits per heavy atom. The Hall–Kier alpha value is -2.91. The lowest BCUT2D eigenvalue weighted by Gasteiger charge is -2.31. The second-order valence-electron chi connectivity index (χ2n) is 8.81. The molecule has 3 N–H and O–H groups in total. The summed E-state index contributed by atoms with van der Waals surface area (Å²) in [5.74, 6) is -3.45. The minimum atomic E-state index is -1.71. The monoisotopic (exact) mass is 530 g/mol. The van der Waals surface area contributed by atoms with Crippen LogP contribution in [0.3, 0.4) is 0 Å². The van der Waals surface area contributed by atoms with Crippen molar-refractivity contribution >= 4 is 33.7 Å². The number of nitrogens with one attached hydrogen (secondary N) is 1. The molecule has 2 aliphatic heterocycles. The molecule has 9 heteroatoms. The fourth-order valence-electron chi connectivity index (χ4n) is 5.19. The van der Waals surface area contributed by atoms with E-state index in [1.807, 2.05) is 6.92 Å². The van der Waals surface area contributed by atoms with Crippen molar-refractivity contribution in [1.82, 2.24) is 10.2 Å². The molecule has 4 rings (SSSR count). The topological polar surface area (TPSA) is 116 Å². The molecule has 2 aromatic carbocycles. The molecule has 2 amide bonds. The van der Waals surface area contributed by atoms with E-state index >= 15 is 0 Å². The molecular weight excluding hydrogens is 504 g/mol. The van der Waals surface area contributed by atoms with Crippen molar-refractivity contribution in [3.8, 4) is 11.5 Å². The number of rotatable bonds is 8. The number of fused-ring (bicyclic) bond motifs is 1. The average molecular weight is 531 g/mol. The number of hydrogen-bond acceptors (Lipinski definition) is 6. The van der Waals surface area contributed by atoms with Gasteiger partial charge in [0.25, 0.3) is 0 Å². The highest BCUT2D eigenvalue weighted by Gasteiger charge is 2.68. The van der Waals surface area contributed by atoms with Crippen LogP contribution in [0.5, 0.6) is 11.5 Å². The quantitative estimate of drug-likeness (QED) is 0.448. The molecule has 0 radical (unpaired) electrons. The molecule has 2 heterocycles. The number of aromatic hydroxyl groups is 1. The van der Waals surface area contributed by atoms with Crippen molar-refractivity contribution in [2.75, 3.05) is 13.7 Å². The van der Waals surface area contributed by atoms with E-state index in [0.717, 1.165) is 10.9 Å². The highest BCUT2D eigenvalue weighted by Crippen LogP contribution is 2.51. The van der Waals surface area contributed by atoms with Crippen LogP contribution in [-0.2, 0) is 20.8 Å². The van der Waals surface area contributed by atoms with Gasteiger partial charge in [-0.25, -0.2) is 0 Å². The van der Waals surface area contributed by atoms with Gasteiger partial charge in [0.1, 0.15) is 17.0 Å². The summed E-state index contributed by atoms with van der Waals surface area (Å²) in [5.41, 5.74) is -0.479. The summed E-state index contributed by atoms with van der Waals surface area (Å²) in [7, 11) is 1.51. The van der Waals surface area contributed by atoms with Gasteiger partial charge in [-0.3, -0.25) is 24.6 Å². The zero-order valence-corrected chi connectivity index (χ0v) is 20.5. The highest BCUT2D eigenvalue weighted by molar-refractivity contribution is 9.10. The number of hydrogen-bond donors (Lipinski definition) is 3. The Labute approximate surface area is 206 Å². The number of phenols is 1. The van der Waals surface area contributed by atoms with Crippen LogP contribution >= 0.6 is 15.9 Å². The first kappa shape index (κ1) is 24.2. The van der Waals surface area contributed by atoms with E-state index in [2.05, 4.69) is 21.2 Å². The summed E-state index contributed by atoms with van der Waals surface area (Å²) in [6.45, 7) is 2.23. The molecule has 4 unspecified atom stereocenters. The largest absolute Gasteiger partial charge is 0.508 e. The van der Waals surface area contributed by atoms with Crippen molar-refractivity contribution in [1.29, 1.82) is 0 Å². The average Bonchev–Trinajstić information content (AvgIpc) is 3.28. The molecule has 8 nitrogen and oxygen atoms in total. The van der Waals surface area contributed by atoms with Gasteiger partial charge in [0.2, 0.25) is 11.8 Å². The number of unbranched alkanes of at least 4 members (excludes halogenated alkanes) is 1. The van der Waals surface area contributed by atoms with Crippen LogP contribution in [0.4, 0.5) is 0 Å². The predicted molar refractivity (Wildman–Crippen MR) is 127 cm³/mol. The van der Waals surface area contributed by atoms with Gasteiger partial charge >= 0.3 is 5.97 Å². The third-order valence-corrected chi connectivity index (χ3v) is 7.30. The predicted octanol–water partition coefficient (Wildman–Crippen LogP) is 3.28. The molecule has 0 aliphatic carbocycles. The lowest BCUT2D eigenvalue weighted by Crippen LogP contribution is -2.57. The van der Waals surface area contributed by atoms with Gasteiger partial charge in [-0.15, -0.1) is 0 Å². The van der Waals surface area contributed by atoms with E-state index in [-0.39, 0.29) is 24.6 Å². The normalized spacial score (nSPS) is 26.1. The van der Waals surface area contributed by atoms with Crippen LogP contribution in [0.25, 0.3) is 0 Å². The van der Waals surface area contributed by atoms with E-state index in [4.69, 9.17) is 4.74 Å². The maximum Gasteiger partial charge on any atom is 0.325 e. The molecule has 0 bridgehead atoms. The SMILES string of the molecule is CCCCN1C(=O)C2C(c3cc(Br)ccc3OC)NC(Cc3ccc(O)cc3)(C(=O)O)C2C1=O. The Kier molecular flexibility index (Phi) is 6.69. The van der Waals surface area contributed by atoms with E-state index in [1.54, 1.807) is 30.3 Å². The first-order valence-corrected chi connectivity index (χ1v) is 12.0. The van der Waals surface area contributed by atoms with E-state index < -0.39 is 35.3 Å². The number of aliphatic carboxylic acids is 1. The minimum Gasteiger partial charge on any atom is -0.508 e. The maximum absolute atomic E-state index is 13.6. The van der Waals surface area contributed by atoms with Crippen LogP contribution < -0.4 is 10.1 Å². The summed E-state index contributed by atoms with van der Waals surface area (Å²) in [6, 6.07) is 10.8. The molecule has 0 spiro atoms. The lowest BCUT2D eigenvalue weighted by atomic mass is 9.76. The van der Waals surface area contributed by atoms with E-state index in [9.17, 15) is 24.6 Å². The fourth-order valence-corrected chi connectivity index (χ4v) is 5.56. The maximum atomic E-state index is 13.6. The van der Waals surface area contributed by atoms with Gasteiger partial charge in [-0.05, 0) is 42.3 Å². The first-order chi connectivity index (χ1) is 16.2. The molecule has 0 saturated carbocycles. The number of ether oxygens (including phenoxy) is 1. The standard InChI is InChI=1S/C25H27BrN2O6/c1-3-4-11-28-22(30)19-20(23(28)31)25(24(32)33,13-14-5-8-16(29)9-6-14)27-21(19)17-12-15(26)7-10-18(17)34-2/h5-10,12,19-21,27,29H,3-4,11,13H2,1-2H3,(H,32,33). The van der Waals surface area contributed by atoms with Crippen LogP contribution in [0, 0.1) is 11.8 Å². The highest BCUT2D eigenvalue weighted by atomic mass is 79.9. The number of carboxylic acid groups (broad SMARTS) is 1. The molecule has 0 aromatic heterocycles. The minimum absolute atomic E-state index is 0.0305. The van der Waals surface area contributed by atoms with Crippen molar-refractivity contribution < 1.29 is 29.3 Å². The van der Waals surface area contributed by atoms with Gasteiger partial charge in [-0.1, -0.05) is 41.4 Å². The summed E-state index contributed by atoms with van der Waals surface area (Å²) >= 11 is 3.45. The molecule has 2 saturated heterocycles. The number of nitrogens with zero attached hydrogens (tertiary/aromatic N) is 1. The van der Waals surface area contributed by atoms with E-state index in [0.29, 0.717) is 23.3 Å². The number of methoxy groups -OCH3 is 1. The van der Waals surface area contributed by atoms with Gasteiger partial charge in [0, 0.05) is 29.0 Å². The molecule has 180 valence electrons. The van der Waals surface area contributed by atoms with Crippen molar-refractivity contribution in [2.45, 2.75) is 37.8 Å². The zero-order chi connectivity index (χ0) is 24.6. The van der Waals surface area contributed by atoms with Crippen LogP contribution in [0.2, 0.25) is 0 Å². The number of carbonyl (C=O) groups is 3. The number of benzene rings is 2. The third-order valence-electron chi connectivity index (χ3n) is 6.81. The molecule has 4 atom stereocenters. The van der Waals surface area contributed by atoms with Gasteiger partial charge in [0.05, 0.1) is 18.9 Å². The molecule has 34 heavy (non-hydrogen) atoms. The number of amides is 2. The number of imide groups is 1. The van der Waals surface area contributed by atoms with E-state index in [1.165, 1.54) is 24.1 Å². The summed E-state index contributed by atoms with van der Waals surface area (Å²) in [4.78, 5) is 41.3. The van der Waals surface area contributed by atoms with Gasteiger partial charge < -0.3 is 14.9 Å². The molecule has 2 aromatic rings. The van der Waals surface area contributed by atoms with Gasteiger partial charge in [-0.2, -0.15) is 0 Å². The second kappa shape index (κ2) is 9.38. The lowest BCUT2D eigenvalue weighted by molar-refractivity contribution is -0.151. The first-order valence-electron chi connectivity index (χ1n) is 11.2. The number of phenolic OH excluding ortho intramolecular Hbond substituents is 1.